The molecule has 4 N–H and O–H groups in total. The lowest BCUT2D eigenvalue weighted by atomic mass is 10.1. The smallest absolute Gasteiger partial charge is 0.254 e. The number of β-amino-alcohol motifs (C(OH)–C–C–N with tert-alkyl or cyclic N) is 1. The van der Waals surface area contributed by atoms with E-state index < -0.39 is 6.10 Å². The number of pyridine rings is 1. The number of amides is 1. The molecule has 8 heteroatoms. The molecule has 2 atom stereocenters. The lowest BCUT2D eigenvalue weighted by Crippen LogP contribution is -2.41. The highest BCUT2D eigenvalue weighted by atomic mass is 35.5. The average Bonchev–Trinajstić information content (AvgIpc) is 2.77. The summed E-state index contributed by atoms with van der Waals surface area (Å²) in [6, 6.07) is 3.03. The summed E-state index contributed by atoms with van der Waals surface area (Å²) < 4.78 is 0. The van der Waals surface area contributed by atoms with Crippen LogP contribution < -0.4 is 11.3 Å². The van der Waals surface area contributed by atoms with Crippen LogP contribution in [0, 0.1) is 0 Å². The molecule has 1 saturated heterocycles. The third-order valence-electron chi connectivity index (χ3n) is 3.42. The maximum Gasteiger partial charge on any atom is 0.254 e. The van der Waals surface area contributed by atoms with E-state index in [0.717, 1.165) is 0 Å². The number of aliphatic hydroxyl groups is 1. The first-order valence-electron chi connectivity index (χ1n) is 6.68. The number of carbonyl (C=O) groups excluding carboxylic acids is 1. The fourth-order valence-corrected chi connectivity index (χ4v) is 2.80. The number of likely N-dealkylation sites (tertiary alicyclic amines) is 1. The second-order valence-electron chi connectivity index (χ2n) is 5.47. The van der Waals surface area contributed by atoms with Gasteiger partial charge >= 0.3 is 0 Å². The molecule has 1 fully saturated rings. The van der Waals surface area contributed by atoms with Gasteiger partial charge in [-0.05, 0) is 32.6 Å². The van der Waals surface area contributed by atoms with Crippen LogP contribution in [0.25, 0.3) is 0 Å². The van der Waals surface area contributed by atoms with E-state index in [-0.39, 0.29) is 17.1 Å². The van der Waals surface area contributed by atoms with Gasteiger partial charge in [0.2, 0.25) is 0 Å². The Bertz CT molecular complexity index is 525. The molecule has 0 bridgehead atoms. The number of anilines is 1. The van der Waals surface area contributed by atoms with E-state index in [4.69, 9.17) is 17.4 Å². The molecular weight excluding hydrogens is 294 g/mol. The number of nitrogen functional groups attached to an aromatic ring is 1. The van der Waals surface area contributed by atoms with Gasteiger partial charge in [-0.25, -0.2) is 10.8 Å². The summed E-state index contributed by atoms with van der Waals surface area (Å²) >= 11 is 5.89. The third-order valence-corrected chi connectivity index (χ3v) is 3.61. The Hall–Kier alpha value is -1.41. The number of halogens is 1. The van der Waals surface area contributed by atoms with Crippen LogP contribution in [0.15, 0.2) is 12.1 Å². The van der Waals surface area contributed by atoms with Gasteiger partial charge in [-0.3, -0.25) is 4.79 Å². The molecule has 1 aromatic rings. The van der Waals surface area contributed by atoms with Gasteiger partial charge in [0.1, 0.15) is 11.0 Å². The summed E-state index contributed by atoms with van der Waals surface area (Å²) in [5.74, 6) is 5.46. The van der Waals surface area contributed by atoms with Crippen LogP contribution in [0.4, 0.5) is 5.82 Å². The van der Waals surface area contributed by atoms with Crippen LogP contribution in [0.5, 0.6) is 0 Å². The van der Waals surface area contributed by atoms with Gasteiger partial charge in [0.15, 0.2) is 0 Å². The average molecular weight is 314 g/mol. The molecule has 0 aromatic carbocycles. The normalized spacial score (nSPS) is 21.9. The summed E-state index contributed by atoms with van der Waals surface area (Å²) in [6.45, 7) is 1.02. The maximum atomic E-state index is 12.6. The number of carbonyl (C=O) groups is 1. The molecule has 0 radical (unpaired) electrons. The van der Waals surface area contributed by atoms with E-state index >= 15 is 0 Å². The van der Waals surface area contributed by atoms with Crippen molar-refractivity contribution in [2.24, 2.45) is 5.84 Å². The molecule has 0 spiro atoms. The summed E-state index contributed by atoms with van der Waals surface area (Å²) in [6.07, 6.45) is 0.0772. The molecule has 7 nitrogen and oxygen atoms in total. The van der Waals surface area contributed by atoms with Crippen LogP contribution >= 0.6 is 11.6 Å². The quantitative estimate of drug-likeness (QED) is 0.416. The number of aromatic nitrogens is 1. The Labute approximate surface area is 128 Å². The van der Waals surface area contributed by atoms with Gasteiger partial charge < -0.3 is 20.3 Å². The Morgan fingerprint density at radius 3 is 2.95 bits per heavy atom. The van der Waals surface area contributed by atoms with E-state index in [2.05, 4.69) is 10.4 Å². The molecule has 116 valence electrons. The monoisotopic (exact) mass is 313 g/mol. The Kier molecular flexibility index (Phi) is 5.00. The highest BCUT2D eigenvalue weighted by molar-refractivity contribution is 6.29. The Morgan fingerprint density at radius 2 is 2.33 bits per heavy atom. The number of hydrazine groups is 1. The number of aliphatic hydroxyl groups excluding tert-OH is 1. The number of nitrogens with two attached hydrogens (primary N) is 1. The molecule has 2 unspecified atom stereocenters. The number of hydrogen-bond donors (Lipinski definition) is 3. The zero-order chi connectivity index (χ0) is 15.6. The third kappa shape index (κ3) is 3.82. The van der Waals surface area contributed by atoms with E-state index in [1.54, 1.807) is 11.0 Å². The van der Waals surface area contributed by atoms with Crippen LogP contribution in [0.1, 0.15) is 16.8 Å². The topological polar surface area (TPSA) is 94.7 Å². The lowest BCUT2D eigenvalue weighted by Gasteiger charge is -2.27. The van der Waals surface area contributed by atoms with Crippen LogP contribution in [-0.4, -0.2) is 65.1 Å². The van der Waals surface area contributed by atoms with E-state index in [1.807, 2.05) is 19.0 Å². The van der Waals surface area contributed by atoms with Crippen molar-refractivity contribution in [2.75, 3.05) is 32.6 Å². The summed E-state index contributed by atoms with van der Waals surface area (Å²) in [4.78, 5) is 20.3. The van der Waals surface area contributed by atoms with Gasteiger partial charge in [0.05, 0.1) is 6.10 Å². The Morgan fingerprint density at radius 1 is 1.62 bits per heavy atom. The Balaban J connectivity index is 2.23. The van der Waals surface area contributed by atoms with Crippen molar-refractivity contribution in [3.8, 4) is 0 Å². The van der Waals surface area contributed by atoms with Crippen molar-refractivity contribution in [1.29, 1.82) is 0 Å². The maximum absolute atomic E-state index is 12.6. The first-order valence-corrected chi connectivity index (χ1v) is 7.06. The molecule has 1 aliphatic heterocycles. The number of hydrogen-bond acceptors (Lipinski definition) is 6. The second kappa shape index (κ2) is 6.57. The number of rotatable bonds is 4. The minimum Gasteiger partial charge on any atom is -0.391 e. The van der Waals surface area contributed by atoms with Gasteiger partial charge in [-0.2, -0.15) is 0 Å². The van der Waals surface area contributed by atoms with Gasteiger partial charge in [-0.15, -0.1) is 0 Å². The largest absolute Gasteiger partial charge is 0.391 e. The standard InChI is InChI=1S/C13H20ClN5O2/c1-18(2)6-9-5-10(20)7-19(9)13(21)8-3-11(14)16-12(4-8)17-15/h3-4,9-10,20H,5-7,15H2,1-2H3,(H,16,17). The fourth-order valence-electron chi connectivity index (χ4n) is 2.60. The van der Waals surface area contributed by atoms with Crippen molar-refractivity contribution >= 4 is 23.3 Å². The lowest BCUT2D eigenvalue weighted by molar-refractivity contribution is 0.0699. The molecule has 1 amide bonds. The van der Waals surface area contributed by atoms with Crippen molar-refractivity contribution in [2.45, 2.75) is 18.6 Å². The second-order valence-corrected chi connectivity index (χ2v) is 5.86. The van der Waals surface area contributed by atoms with Crippen molar-refractivity contribution in [3.63, 3.8) is 0 Å². The molecule has 2 heterocycles. The number of likely N-dealkylation sites (N-methyl/N-ethyl adjacent to an activating group) is 1. The summed E-state index contributed by atoms with van der Waals surface area (Å²) in [5, 5.41) is 10.0. The predicted octanol–water partition coefficient (Wildman–Crippen LogP) is 0.158. The van der Waals surface area contributed by atoms with Gasteiger partial charge in [0, 0.05) is 24.7 Å². The SMILES string of the molecule is CN(C)CC1CC(O)CN1C(=O)c1cc(Cl)nc(NN)c1. The fraction of sp³-hybridized carbons (Fsp3) is 0.538. The zero-order valence-corrected chi connectivity index (χ0v) is 12.8. The zero-order valence-electron chi connectivity index (χ0n) is 12.1. The van der Waals surface area contributed by atoms with E-state index in [0.29, 0.717) is 30.9 Å². The summed E-state index contributed by atoms with van der Waals surface area (Å²) in [7, 11) is 3.88. The summed E-state index contributed by atoms with van der Waals surface area (Å²) in [5.41, 5.74) is 2.79. The van der Waals surface area contributed by atoms with Crippen molar-refractivity contribution in [1.82, 2.24) is 14.8 Å². The highest BCUT2D eigenvalue weighted by Gasteiger charge is 2.35. The minimum absolute atomic E-state index is 0.0243. The minimum atomic E-state index is -0.497. The molecule has 0 aliphatic carbocycles. The van der Waals surface area contributed by atoms with Crippen molar-refractivity contribution < 1.29 is 9.90 Å². The van der Waals surface area contributed by atoms with Crippen LogP contribution in [0.3, 0.4) is 0 Å². The molecule has 21 heavy (non-hydrogen) atoms. The first-order chi connectivity index (χ1) is 9.90. The molecular formula is C13H20ClN5O2. The number of nitrogens with zero attached hydrogens (tertiary/aromatic N) is 3. The predicted molar refractivity (Wildman–Crippen MR) is 81.1 cm³/mol. The van der Waals surface area contributed by atoms with Crippen molar-refractivity contribution in [3.05, 3.63) is 22.8 Å². The molecule has 2 rings (SSSR count). The van der Waals surface area contributed by atoms with E-state index in [9.17, 15) is 9.90 Å². The van der Waals surface area contributed by atoms with Gasteiger partial charge in [0.25, 0.3) is 5.91 Å². The van der Waals surface area contributed by atoms with Crippen LogP contribution in [-0.2, 0) is 0 Å². The van der Waals surface area contributed by atoms with E-state index in [1.165, 1.54) is 6.07 Å². The highest BCUT2D eigenvalue weighted by Crippen LogP contribution is 2.23. The molecule has 1 aliphatic rings. The first kappa shape index (κ1) is 16.0. The van der Waals surface area contributed by atoms with Crippen LogP contribution in [0.2, 0.25) is 5.15 Å². The van der Waals surface area contributed by atoms with Gasteiger partial charge in [-0.1, -0.05) is 11.6 Å². The molecule has 1 aromatic heterocycles. The molecule has 0 saturated carbocycles. The number of nitrogens with one attached hydrogen (secondary N) is 1.